The van der Waals surface area contributed by atoms with Crippen molar-refractivity contribution in [1.29, 1.82) is 0 Å². The van der Waals surface area contributed by atoms with Gasteiger partial charge in [0.1, 0.15) is 6.10 Å². The van der Waals surface area contributed by atoms with E-state index in [0.717, 1.165) is 26.1 Å². The minimum Gasteiger partial charge on any atom is -0.477 e. The van der Waals surface area contributed by atoms with Gasteiger partial charge in [-0.3, -0.25) is 0 Å². The molecule has 2 atom stereocenters. The molecule has 2 rings (SSSR count). The van der Waals surface area contributed by atoms with E-state index in [-0.39, 0.29) is 12.1 Å². The molecule has 0 aromatic carbocycles. The molecule has 1 saturated heterocycles. The summed E-state index contributed by atoms with van der Waals surface area (Å²) in [5, 5.41) is 0. The molecule has 0 aliphatic carbocycles. The minimum absolute atomic E-state index is 0.164. The number of nitrogens with zero attached hydrogens (tertiary/aromatic N) is 1. The zero-order valence-corrected chi connectivity index (χ0v) is 9.43. The molecule has 0 radical (unpaired) electrons. The lowest BCUT2D eigenvalue weighted by Crippen LogP contribution is -2.39. The fourth-order valence-corrected chi connectivity index (χ4v) is 2.17. The van der Waals surface area contributed by atoms with Crippen molar-refractivity contribution >= 4 is 12.4 Å². The lowest BCUT2D eigenvalue weighted by Gasteiger charge is -2.28. The van der Waals surface area contributed by atoms with E-state index in [1.165, 1.54) is 6.40 Å². The van der Waals surface area contributed by atoms with Crippen molar-refractivity contribution in [2.24, 2.45) is 10.9 Å². The number of hydrogen-bond acceptors (Lipinski definition) is 5. The number of hydrogen-bond donors (Lipinski definition) is 0. The molecule has 0 aromatic heterocycles. The quantitative estimate of drug-likeness (QED) is 0.668. The molecule has 0 N–H and O–H groups in total. The van der Waals surface area contributed by atoms with Crippen LogP contribution in [0.5, 0.6) is 0 Å². The molecule has 2 aliphatic heterocycles. The lowest BCUT2D eigenvalue weighted by molar-refractivity contribution is -0.147. The molecule has 0 saturated carbocycles. The van der Waals surface area contributed by atoms with Gasteiger partial charge in [0.05, 0.1) is 6.61 Å². The number of esters is 1. The van der Waals surface area contributed by atoms with Gasteiger partial charge < -0.3 is 14.2 Å². The predicted octanol–water partition coefficient (Wildman–Crippen LogP) is 0.772. The van der Waals surface area contributed by atoms with Crippen LogP contribution in [0.3, 0.4) is 0 Å². The van der Waals surface area contributed by atoms with Gasteiger partial charge >= 0.3 is 5.97 Å². The third-order valence-electron chi connectivity index (χ3n) is 3.01. The molecule has 2 heterocycles. The Morgan fingerprint density at radius 3 is 2.94 bits per heavy atom. The maximum Gasteiger partial charge on any atom is 0.334 e. The SMILES string of the molecule is CCOC(=O)C1N=COC1C1CCOCC1. The summed E-state index contributed by atoms with van der Waals surface area (Å²) in [6, 6.07) is -0.483. The van der Waals surface area contributed by atoms with Gasteiger partial charge in [-0.2, -0.15) is 0 Å². The summed E-state index contributed by atoms with van der Waals surface area (Å²) >= 11 is 0. The molecule has 5 heteroatoms. The maximum absolute atomic E-state index is 11.7. The Bertz CT molecular complexity index is 273. The van der Waals surface area contributed by atoms with Gasteiger partial charge in [0.15, 0.2) is 12.4 Å². The van der Waals surface area contributed by atoms with Crippen LogP contribution in [0.2, 0.25) is 0 Å². The van der Waals surface area contributed by atoms with E-state index in [1.807, 2.05) is 0 Å². The molecule has 90 valence electrons. The van der Waals surface area contributed by atoms with Crippen LogP contribution >= 0.6 is 0 Å². The molecular weight excluding hydrogens is 210 g/mol. The zero-order valence-electron chi connectivity index (χ0n) is 9.43. The van der Waals surface area contributed by atoms with Gasteiger partial charge in [0.25, 0.3) is 0 Å². The van der Waals surface area contributed by atoms with Crippen molar-refractivity contribution in [2.75, 3.05) is 19.8 Å². The van der Waals surface area contributed by atoms with Gasteiger partial charge in [-0.15, -0.1) is 0 Å². The van der Waals surface area contributed by atoms with Crippen molar-refractivity contribution in [2.45, 2.75) is 31.9 Å². The highest BCUT2D eigenvalue weighted by atomic mass is 16.5. The first kappa shape index (κ1) is 11.4. The second-order valence-electron chi connectivity index (χ2n) is 4.00. The predicted molar refractivity (Wildman–Crippen MR) is 57.3 cm³/mol. The molecule has 1 fully saturated rings. The fraction of sp³-hybridized carbons (Fsp3) is 0.818. The van der Waals surface area contributed by atoms with E-state index in [2.05, 4.69) is 4.99 Å². The normalized spacial score (nSPS) is 30.1. The van der Waals surface area contributed by atoms with Gasteiger partial charge in [0.2, 0.25) is 0 Å². The van der Waals surface area contributed by atoms with Crippen LogP contribution < -0.4 is 0 Å². The van der Waals surface area contributed by atoms with Crippen molar-refractivity contribution in [1.82, 2.24) is 0 Å². The second kappa shape index (κ2) is 5.30. The van der Waals surface area contributed by atoms with E-state index in [0.29, 0.717) is 12.5 Å². The standard InChI is InChI=1S/C11H17NO4/c1-2-15-11(13)9-10(16-7-12-9)8-3-5-14-6-4-8/h7-10H,2-6H2,1H3. The van der Waals surface area contributed by atoms with E-state index >= 15 is 0 Å². The molecule has 2 unspecified atom stereocenters. The van der Waals surface area contributed by atoms with Gasteiger partial charge in [0, 0.05) is 19.1 Å². The summed E-state index contributed by atoms with van der Waals surface area (Å²) in [6.45, 7) is 3.65. The first-order valence-electron chi connectivity index (χ1n) is 5.74. The highest BCUT2D eigenvalue weighted by Gasteiger charge is 2.39. The zero-order chi connectivity index (χ0) is 11.4. The smallest absolute Gasteiger partial charge is 0.334 e. The Morgan fingerprint density at radius 1 is 1.50 bits per heavy atom. The summed E-state index contributed by atoms with van der Waals surface area (Å²) < 4.78 is 15.7. The lowest BCUT2D eigenvalue weighted by atomic mass is 9.90. The molecule has 16 heavy (non-hydrogen) atoms. The van der Waals surface area contributed by atoms with Crippen LogP contribution in [0, 0.1) is 5.92 Å². The Kier molecular flexibility index (Phi) is 3.77. The molecule has 0 amide bonds. The van der Waals surface area contributed by atoms with Crippen LogP contribution in [0.15, 0.2) is 4.99 Å². The molecule has 0 spiro atoms. The van der Waals surface area contributed by atoms with E-state index in [4.69, 9.17) is 14.2 Å². The average Bonchev–Trinajstić information content (AvgIpc) is 2.79. The minimum atomic E-state index is -0.483. The van der Waals surface area contributed by atoms with Gasteiger partial charge in [-0.25, -0.2) is 9.79 Å². The Balaban J connectivity index is 1.95. The number of carbonyl (C=O) groups excluding carboxylic acids is 1. The summed E-state index contributed by atoms with van der Waals surface area (Å²) in [4.78, 5) is 15.7. The third-order valence-corrected chi connectivity index (χ3v) is 3.01. The van der Waals surface area contributed by atoms with Gasteiger partial charge in [-0.05, 0) is 19.8 Å². The Hall–Kier alpha value is -1.10. The maximum atomic E-state index is 11.7. The fourth-order valence-electron chi connectivity index (χ4n) is 2.17. The summed E-state index contributed by atoms with van der Waals surface area (Å²) in [5.74, 6) is 0.0541. The van der Waals surface area contributed by atoms with Crippen LogP contribution in [0.4, 0.5) is 0 Å². The highest BCUT2D eigenvalue weighted by molar-refractivity contribution is 5.79. The van der Waals surface area contributed by atoms with Crippen LogP contribution in [0.1, 0.15) is 19.8 Å². The van der Waals surface area contributed by atoms with Crippen molar-refractivity contribution in [3.05, 3.63) is 0 Å². The van der Waals surface area contributed by atoms with Crippen molar-refractivity contribution in [3.63, 3.8) is 0 Å². The van der Waals surface area contributed by atoms with E-state index in [1.54, 1.807) is 6.92 Å². The monoisotopic (exact) mass is 227 g/mol. The third kappa shape index (κ3) is 2.35. The van der Waals surface area contributed by atoms with Gasteiger partial charge in [-0.1, -0.05) is 0 Å². The number of aliphatic imine (C=N–C) groups is 1. The number of carbonyl (C=O) groups is 1. The Labute approximate surface area is 94.8 Å². The van der Waals surface area contributed by atoms with E-state index in [9.17, 15) is 4.79 Å². The molecule has 0 aromatic rings. The van der Waals surface area contributed by atoms with Crippen molar-refractivity contribution in [3.8, 4) is 0 Å². The molecule has 5 nitrogen and oxygen atoms in total. The highest BCUT2D eigenvalue weighted by Crippen LogP contribution is 2.27. The number of rotatable bonds is 3. The molecular formula is C11H17NO4. The number of ether oxygens (including phenoxy) is 3. The molecule has 0 bridgehead atoms. The first-order valence-corrected chi connectivity index (χ1v) is 5.74. The van der Waals surface area contributed by atoms with Crippen LogP contribution in [0.25, 0.3) is 0 Å². The average molecular weight is 227 g/mol. The summed E-state index contributed by atoms with van der Waals surface area (Å²) in [5.41, 5.74) is 0. The van der Waals surface area contributed by atoms with Crippen LogP contribution in [-0.4, -0.2) is 44.3 Å². The Morgan fingerprint density at radius 2 is 2.25 bits per heavy atom. The van der Waals surface area contributed by atoms with Crippen molar-refractivity contribution < 1.29 is 19.0 Å². The summed E-state index contributed by atoms with van der Waals surface area (Å²) in [6.07, 6.45) is 3.05. The largest absolute Gasteiger partial charge is 0.477 e. The van der Waals surface area contributed by atoms with Crippen LogP contribution in [-0.2, 0) is 19.0 Å². The van der Waals surface area contributed by atoms with E-state index < -0.39 is 6.04 Å². The summed E-state index contributed by atoms with van der Waals surface area (Å²) in [7, 11) is 0. The topological polar surface area (TPSA) is 57.1 Å². The molecule has 2 aliphatic rings. The second-order valence-corrected chi connectivity index (χ2v) is 4.00. The first-order chi connectivity index (χ1) is 7.83.